The summed E-state index contributed by atoms with van der Waals surface area (Å²) in [6, 6.07) is 10.8. The molecule has 0 amide bonds. The topological polar surface area (TPSA) is 46.6 Å². The highest BCUT2D eigenvalue weighted by atomic mass is 16.5. The van der Waals surface area contributed by atoms with Crippen molar-refractivity contribution in [2.24, 2.45) is 0 Å². The molecule has 25 heavy (non-hydrogen) atoms. The molecule has 1 aromatic carbocycles. The first-order chi connectivity index (χ1) is 12.2. The summed E-state index contributed by atoms with van der Waals surface area (Å²) in [7, 11) is 1.69. The Hall–Kier alpha value is -2.11. The summed E-state index contributed by atoms with van der Waals surface area (Å²) in [6.45, 7) is 7.90. The summed E-state index contributed by atoms with van der Waals surface area (Å²) in [5.41, 5.74) is 2.53. The maximum Gasteiger partial charge on any atom is 0.161 e. The van der Waals surface area contributed by atoms with Crippen molar-refractivity contribution in [2.75, 3.05) is 26.7 Å². The molecule has 3 rings (SSSR count). The summed E-state index contributed by atoms with van der Waals surface area (Å²) < 4.78 is 11.3. The number of nitrogens with one attached hydrogen (secondary N) is 1. The Bertz CT molecular complexity index is 676. The van der Waals surface area contributed by atoms with Gasteiger partial charge in [-0.25, -0.2) is 0 Å². The molecule has 1 aliphatic heterocycles. The molecule has 0 bridgehead atoms. The number of nitrogens with zero attached hydrogens (tertiary/aromatic N) is 2. The molecule has 0 radical (unpaired) electrons. The monoisotopic (exact) mass is 341 g/mol. The smallest absolute Gasteiger partial charge is 0.161 e. The third-order valence-electron chi connectivity index (χ3n) is 4.42. The third-order valence-corrected chi connectivity index (χ3v) is 4.42. The van der Waals surface area contributed by atoms with Crippen LogP contribution in [0, 0.1) is 0 Å². The lowest BCUT2D eigenvalue weighted by Gasteiger charge is -2.36. The Morgan fingerprint density at radius 1 is 1.20 bits per heavy atom. The van der Waals surface area contributed by atoms with Crippen LogP contribution in [0.2, 0.25) is 0 Å². The highest BCUT2D eigenvalue weighted by molar-refractivity contribution is 5.43. The lowest BCUT2D eigenvalue weighted by atomic mass is 10.0. The van der Waals surface area contributed by atoms with Crippen LogP contribution in [0.15, 0.2) is 42.7 Å². The number of benzene rings is 1. The van der Waals surface area contributed by atoms with Crippen molar-refractivity contribution in [3.63, 3.8) is 0 Å². The van der Waals surface area contributed by atoms with Crippen LogP contribution < -0.4 is 14.8 Å². The Morgan fingerprint density at radius 3 is 2.72 bits per heavy atom. The van der Waals surface area contributed by atoms with Crippen LogP contribution in [0.25, 0.3) is 0 Å². The van der Waals surface area contributed by atoms with Gasteiger partial charge in [0.15, 0.2) is 11.5 Å². The summed E-state index contributed by atoms with van der Waals surface area (Å²) in [6.07, 6.45) is 3.86. The number of hydrogen-bond acceptors (Lipinski definition) is 5. The quantitative estimate of drug-likeness (QED) is 0.875. The zero-order valence-electron chi connectivity index (χ0n) is 15.2. The minimum Gasteiger partial charge on any atom is -0.493 e. The van der Waals surface area contributed by atoms with E-state index < -0.39 is 0 Å². The summed E-state index contributed by atoms with van der Waals surface area (Å²) in [5.74, 6) is 1.59. The molecule has 2 aromatic rings. The number of pyridine rings is 1. The number of piperazine rings is 1. The Kier molecular flexibility index (Phi) is 5.89. The SMILES string of the molecule is COc1cc(CN2CCNCC2c2ccncc2)ccc1OC(C)C. The van der Waals surface area contributed by atoms with Gasteiger partial charge in [0.1, 0.15) is 0 Å². The van der Waals surface area contributed by atoms with Gasteiger partial charge in [0, 0.05) is 44.6 Å². The van der Waals surface area contributed by atoms with E-state index in [2.05, 4.69) is 39.5 Å². The van der Waals surface area contributed by atoms with E-state index >= 15 is 0 Å². The lowest BCUT2D eigenvalue weighted by Crippen LogP contribution is -2.45. The molecule has 5 heteroatoms. The predicted octanol–water partition coefficient (Wildman–Crippen LogP) is 3.02. The van der Waals surface area contributed by atoms with E-state index in [1.807, 2.05) is 32.3 Å². The molecule has 1 aliphatic rings. The van der Waals surface area contributed by atoms with Crippen molar-refractivity contribution in [3.05, 3.63) is 53.9 Å². The van der Waals surface area contributed by atoms with Gasteiger partial charge in [-0.3, -0.25) is 9.88 Å². The molecule has 0 aliphatic carbocycles. The molecule has 5 nitrogen and oxygen atoms in total. The van der Waals surface area contributed by atoms with Crippen LogP contribution in [-0.4, -0.2) is 42.7 Å². The minimum absolute atomic E-state index is 0.129. The second kappa shape index (κ2) is 8.32. The van der Waals surface area contributed by atoms with Crippen molar-refractivity contribution in [1.82, 2.24) is 15.2 Å². The third kappa shape index (κ3) is 4.50. The van der Waals surface area contributed by atoms with E-state index in [0.29, 0.717) is 6.04 Å². The van der Waals surface area contributed by atoms with E-state index in [4.69, 9.17) is 9.47 Å². The van der Waals surface area contributed by atoms with Crippen LogP contribution in [-0.2, 0) is 6.54 Å². The molecule has 1 saturated heterocycles. The van der Waals surface area contributed by atoms with Gasteiger partial charge in [-0.05, 0) is 49.2 Å². The van der Waals surface area contributed by atoms with Gasteiger partial charge in [0.25, 0.3) is 0 Å². The maximum atomic E-state index is 5.82. The second-order valence-corrected chi connectivity index (χ2v) is 6.62. The molecule has 1 atom stereocenters. The molecule has 1 N–H and O–H groups in total. The van der Waals surface area contributed by atoms with Crippen molar-refractivity contribution < 1.29 is 9.47 Å². The van der Waals surface area contributed by atoms with E-state index in [-0.39, 0.29) is 6.10 Å². The van der Waals surface area contributed by atoms with Gasteiger partial charge in [-0.15, -0.1) is 0 Å². The van der Waals surface area contributed by atoms with Crippen LogP contribution >= 0.6 is 0 Å². The Labute approximate surface area is 150 Å². The number of aromatic nitrogens is 1. The fraction of sp³-hybridized carbons (Fsp3) is 0.450. The molecule has 0 saturated carbocycles. The normalized spacial score (nSPS) is 18.3. The zero-order chi connectivity index (χ0) is 17.6. The molecule has 1 unspecified atom stereocenters. The van der Waals surface area contributed by atoms with Gasteiger partial charge in [0.05, 0.1) is 13.2 Å². The van der Waals surface area contributed by atoms with Crippen molar-refractivity contribution in [3.8, 4) is 11.5 Å². The summed E-state index contributed by atoms with van der Waals surface area (Å²) >= 11 is 0. The number of hydrogen-bond donors (Lipinski definition) is 1. The van der Waals surface area contributed by atoms with Crippen molar-refractivity contribution in [2.45, 2.75) is 32.5 Å². The van der Waals surface area contributed by atoms with Crippen LogP contribution in [0.5, 0.6) is 11.5 Å². The average molecular weight is 341 g/mol. The molecular formula is C20H27N3O2. The van der Waals surface area contributed by atoms with Gasteiger partial charge >= 0.3 is 0 Å². The number of ether oxygens (including phenoxy) is 2. The summed E-state index contributed by atoms with van der Waals surface area (Å²) in [4.78, 5) is 6.64. The first-order valence-electron chi connectivity index (χ1n) is 8.85. The Morgan fingerprint density at radius 2 is 2.00 bits per heavy atom. The second-order valence-electron chi connectivity index (χ2n) is 6.62. The van der Waals surface area contributed by atoms with E-state index in [0.717, 1.165) is 37.7 Å². The van der Waals surface area contributed by atoms with Crippen LogP contribution in [0.1, 0.15) is 31.0 Å². The Balaban J connectivity index is 1.77. The summed E-state index contributed by atoms with van der Waals surface area (Å²) in [5, 5.41) is 3.50. The van der Waals surface area contributed by atoms with Crippen molar-refractivity contribution >= 4 is 0 Å². The standard InChI is InChI=1S/C20H27N3O2/c1-15(2)25-19-5-4-16(12-20(19)24-3)14-23-11-10-22-13-18(23)17-6-8-21-9-7-17/h4-9,12,15,18,22H,10-11,13-14H2,1-3H3. The highest BCUT2D eigenvalue weighted by Crippen LogP contribution is 2.31. The van der Waals surface area contributed by atoms with Crippen molar-refractivity contribution in [1.29, 1.82) is 0 Å². The number of methoxy groups -OCH3 is 1. The van der Waals surface area contributed by atoms with Crippen LogP contribution in [0.4, 0.5) is 0 Å². The predicted molar refractivity (Wildman–Crippen MR) is 99.0 cm³/mol. The van der Waals surface area contributed by atoms with Gasteiger partial charge in [0.2, 0.25) is 0 Å². The molecule has 1 fully saturated rings. The first kappa shape index (κ1) is 17.7. The molecule has 1 aromatic heterocycles. The first-order valence-corrected chi connectivity index (χ1v) is 8.85. The van der Waals surface area contributed by atoms with E-state index in [1.165, 1.54) is 11.1 Å². The fourth-order valence-corrected chi connectivity index (χ4v) is 3.25. The minimum atomic E-state index is 0.129. The molecular weight excluding hydrogens is 314 g/mol. The highest BCUT2D eigenvalue weighted by Gasteiger charge is 2.24. The van der Waals surface area contributed by atoms with Gasteiger partial charge < -0.3 is 14.8 Å². The fourth-order valence-electron chi connectivity index (χ4n) is 3.25. The molecule has 2 heterocycles. The molecule has 0 spiro atoms. The molecule has 134 valence electrons. The van der Waals surface area contributed by atoms with E-state index in [9.17, 15) is 0 Å². The number of rotatable bonds is 6. The average Bonchev–Trinajstić information content (AvgIpc) is 2.64. The van der Waals surface area contributed by atoms with Crippen LogP contribution in [0.3, 0.4) is 0 Å². The van der Waals surface area contributed by atoms with Gasteiger partial charge in [-0.1, -0.05) is 6.07 Å². The maximum absolute atomic E-state index is 5.82. The van der Waals surface area contributed by atoms with Gasteiger partial charge in [-0.2, -0.15) is 0 Å². The zero-order valence-corrected chi connectivity index (χ0v) is 15.2. The lowest BCUT2D eigenvalue weighted by molar-refractivity contribution is 0.153. The van der Waals surface area contributed by atoms with E-state index in [1.54, 1.807) is 7.11 Å². The largest absolute Gasteiger partial charge is 0.493 e.